The van der Waals surface area contributed by atoms with Crippen molar-refractivity contribution in [2.75, 3.05) is 17.8 Å². The molecule has 2 rings (SSSR count). The lowest BCUT2D eigenvalue weighted by Gasteiger charge is -2.23. The summed E-state index contributed by atoms with van der Waals surface area (Å²) in [4.78, 5) is 0. The second-order valence-corrected chi connectivity index (χ2v) is 7.56. The third-order valence-corrected chi connectivity index (χ3v) is 5.74. The fourth-order valence-electron chi connectivity index (χ4n) is 1.97. The van der Waals surface area contributed by atoms with E-state index in [9.17, 15) is 12.8 Å². The molecule has 1 aromatic carbocycles. The summed E-state index contributed by atoms with van der Waals surface area (Å²) >= 11 is 8.98. The Morgan fingerprint density at radius 1 is 1.37 bits per heavy atom. The number of benzene rings is 1. The van der Waals surface area contributed by atoms with E-state index < -0.39 is 21.1 Å². The van der Waals surface area contributed by atoms with Crippen molar-refractivity contribution in [2.45, 2.75) is 18.1 Å². The van der Waals surface area contributed by atoms with Crippen molar-refractivity contribution in [1.82, 2.24) is 5.32 Å². The summed E-state index contributed by atoms with van der Waals surface area (Å²) < 4.78 is 40.3. The van der Waals surface area contributed by atoms with Crippen LogP contribution in [0.1, 0.15) is 12.8 Å². The monoisotopic (exact) mass is 370 g/mol. The number of nitrogens with one attached hydrogen (secondary N) is 2. The molecule has 0 aliphatic carbocycles. The zero-order valence-corrected chi connectivity index (χ0v) is 13.1. The van der Waals surface area contributed by atoms with Gasteiger partial charge >= 0.3 is 0 Å². The van der Waals surface area contributed by atoms with Crippen molar-refractivity contribution < 1.29 is 12.8 Å². The van der Waals surface area contributed by atoms with Crippen LogP contribution in [0.15, 0.2) is 16.6 Å². The number of halogens is 3. The van der Waals surface area contributed by atoms with E-state index in [-0.39, 0.29) is 15.2 Å². The Bertz CT molecular complexity index is 553. The summed E-state index contributed by atoms with van der Waals surface area (Å²) in [6, 6.07) is 2.25. The van der Waals surface area contributed by atoms with Crippen LogP contribution in [0.5, 0.6) is 0 Å². The van der Waals surface area contributed by atoms with Gasteiger partial charge in [0.1, 0.15) is 5.82 Å². The van der Waals surface area contributed by atoms with Crippen molar-refractivity contribution >= 4 is 43.2 Å². The van der Waals surface area contributed by atoms with Crippen LogP contribution in [0.3, 0.4) is 0 Å². The smallest absolute Gasteiger partial charge is 0.235 e. The average molecular weight is 372 g/mol. The Hall–Kier alpha value is -0.370. The minimum atomic E-state index is -3.52. The number of hydrogen-bond acceptors (Lipinski definition) is 3. The van der Waals surface area contributed by atoms with Gasteiger partial charge < -0.3 is 5.32 Å². The molecule has 1 heterocycles. The zero-order chi connectivity index (χ0) is 14.0. The van der Waals surface area contributed by atoms with Gasteiger partial charge in [0, 0.05) is 4.47 Å². The van der Waals surface area contributed by atoms with Gasteiger partial charge in [-0.15, -0.1) is 0 Å². The molecular weight excluding hydrogens is 359 g/mol. The molecule has 1 aliphatic heterocycles. The van der Waals surface area contributed by atoms with Gasteiger partial charge in [-0.3, -0.25) is 4.72 Å². The van der Waals surface area contributed by atoms with Crippen LogP contribution in [0, 0.1) is 5.82 Å². The molecule has 0 atom stereocenters. The molecule has 19 heavy (non-hydrogen) atoms. The first-order valence-corrected chi connectivity index (χ1v) is 8.49. The molecule has 1 aliphatic rings. The van der Waals surface area contributed by atoms with E-state index in [1.807, 2.05) is 0 Å². The van der Waals surface area contributed by atoms with Gasteiger partial charge in [0.2, 0.25) is 10.0 Å². The van der Waals surface area contributed by atoms with Crippen LogP contribution in [0.25, 0.3) is 0 Å². The van der Waals surface area contributed by atoms with E-state index in [0.29, 0.717) is 25.9 Å². The molecule has 4 nitrogen and oxygen atoms in total. The maximum Gasteiger partial charge on any atom is 0.235 e. The lowest BCUT2D eigenvalue weighted by Crippen LogP contribution is -2.38. The second-order valence-electron chi connectivity index (χ2n) is 4.34. The molecule has 0 bridgehead atoms. The van der Waals surface area contributed by atoms with Crippen LogP contribution in [0.4, 0.5) is 10.1 Å². The van der Waals surface area contributed by atoms with Gasteiger partial charge in [-0.25, -0.2) is 12.8 Å². The van der Waals surface area contributed by atoms with Gasteiger partial charge in [0.15, 0.2) is 0 Å². The highest BCUT2D eigenvalue weighted by Gasteiger charge is 2.28. The largest absolute Gasteiger partial charge is 0.317 e. The Kier molecular flexibility index (Phi) is 4.70. The third-order valence-electron chi connectivity index (χ3n) is 2.98. The highest BCUT2D eigenvalue weighted by molar-refractivity contribution is 9.10. The van der Waals surface area contributed by atoms with Gasteiger partial charge in [0.25, 0.3) is 0 Å². The highest BCUT2D eigenvalue weighted by Crippen LogP contribution is 2.33. The van der Waals surface area contributed by atoms with E-state index >= 15 is 0 Å². The molecule has 0 radical (unpaired) electrons. The summed E-state index contributed by atoms with van der Waals surface area (Å²) in [7, 11) is -3.52. The summed E-state index contributed by atoms with van der Waals surface area (Å²) in [6.45, 7) is 1.34. The Morgan fingerprint density at radius 2 is 2.00 bits per heavy atom. The van der Waals surface area contributed by atoms with Crippen molar-refractivity contribution in [2.24, 2.45) is 0 Å². The lowest BCUT2D eigenvalue weighted by atomic mass is 10.2. The number of sulfonamides is 1. The molecular formula is C11H13BrClFN2O2S. The normalized spacial score (nSPS) is 17.4. The fraction of sp³-hybridized carbons (Fsp3) is 0.455. The Morgan fingerprint density at radius 3 is 2.58 bits per heavy atom. The summed E-state index contributed by atoms with van der Waals surface area (Å²) in [5.74, 6) is -0.526. The topological polar surface area (TPSA) is 58.2 Å². The molecule has 106 valence electrons. The van der Waals surface area contributed by atoms with Crippen molar-refractivity contribution in [1.29, 1.82) is 0 Å². The summed E-state index contributed by atoms with van der Waals surface area (Å²) in [5, 5.41) is 2.68. The number of piperidine rings is 1. The minimum absolute atomic E-state index is 0.0318. The number of hydrogen-bond donors (Lipinski definition) is 2. The van der Waals surface area contributed by atoms with Crippen LogP contribution in [-0.2, 0) is 10.0 Å². The molecule has 1 fully saturated rings. The third kappa shape index (κ3) is 3.59. The SMILES string of the molecule is O=S(=O)(Nc1c(Cl)cc(F)cc1Br)C1CCNCC1. The first-order valence-electron chi connectivity index (χ1n) is 5.77. The minimum Gasteiger partial charge on any atom is -0.317 e. The average Bonchev–Trinajstić information content (AvgIpc) is 2.35. The molecule has 0 unspecified atom stereocenters. The van der Waals surface area contributed by atoms with Crippen molar-refractivity contribution in [3.8, 4) is 0 Å². The van der Waals surface area contributed by atoms with Crippen molar-refractivity contribution in [3.63, 3.8) is 0 Å². The molecule has 0 amide bonds. The molecule has 2 N–H and O–H groups in total. The van der Waals surface area contributed by atoms with E-state index in [1.165, 1.54) is 6.07 Å². The quantitative estimate of drug-likeness (QED) is 0.859. The van der Waals surface area contributed by atoms with E-state index in [0.717, 1.165) is 6.07 Å². The maximum absolute atomic E-state index is 13.1. The molecule has 1 saturated heterocycles. The van der Waals surface area contributed by atoms with Crippen molar-refractivity contribution in [3.05, 3.63) is 27.4 Å². The molecule has 0 saturated carbocycles. The first-order chi connectivity index (χ1) is 8.90. The lowest BCUT2D eigenvalue weighted by molar-refractivity contribution is 0.499. The molecule has 0 spiro atoms. The Balaban J connectivity index is 2.25. The zero-order valence-electron chi connectivity index (χ0n) is 9.92. The van der Waals surface area contributed by atoms with Crippen LogP contribution >= 0.6 is 27.5 Å². The number of rotatable bonds is 3. The van der Waals surface area contributed by atoms with Gasteiger partial charge in [0.05, 0.1) is 16.0 Å². The van der Waals surface area contributed by atoms with E-state index in [4.69, 9.17) is 11.6 Å². The van der Waals surface area contributed by atoms with E-state index in [1.54, 1.807) is 0 Å². The summed E-state index contributed by atoms with van der Waals surface area (Å²) in [6.07, 6.45) is 1.09. The predicted molar refractivity (Wildman–Crippen MR) is 77.5 cm³/mol. The van der Waals surface area contributed by atoms with Crippen LogP contribution < -0.4 is 10.0 Å². The predicted octanol–water partition coefficient (Wildman–Crippen LogP) is 2.74. The molecule has 8 heteroatoms. The Labute approximate surface area is 124 Å². The highest BCUT2D eigenvalue weighted by atomic mass is 79.9. The maximum atomic E-state index is 13.1. The summed E-state index contributed by atoms with van der Waals surface area (Å²) in [5.41, 5.74) is 0.182. The second kappa shape index (κ2) is 5.95. The fourth-order valence-corrected chi connectivity index (χ4v) is 4.58. The van der Waals surface area contributed by atoms with Gasteiger partial charge in [-0.2, -0.15) is 0 Å². The van der Waals surface area contributed by atoms with Gasteiger partial charge in [-0.1, -0.05) is 11.6 Å². The molecule has 0 aromatic heterocycles. The van der Waals surface area contributed by atoms with Crippen LogP contribution in [0.2, 0.25) is 5.02 Å². The van der Waals surface area contributed by atoms with Gasteiger partial charge in [-0.05, 0) is 54.0 Å². The van der Waals surface area contributed by atoms with Crippen LogP contribution in [-0.4, -0.2) is 26.8 Å². The molecule has 1 aromatic rings. The standard InChI is InChI=1S/C11H13BrClFN2O2S/c12-9-5-7(14)6-10(13)11(9)16-19(17,18)8-1-3-15-4-2-8/h5-6,8,15-16H,1-4H2. The number of anilines is 1. The van der Waals surface area contributed by atoms with E-state index in [2.05, 4.69) is 26.0 Å². The first kappa shape index (κ1) is 15.0.